The van der Waals surface area contributed by atoms with Crippen LogP contribution in [0.15, 0.2) is 36.4 Å². The number of fused-ring (bicyclic) bond motifs is 1. The van der Waals surface area contributed by atoms with Gasteiger partial charge in [0.25, 0.3) is 0 Å². The summed E-state index contributed by atoms with van der Waals surface area (Å²) in [5.74, 6) is 1.45. The van der Waals surface area contributed by atoms with Gasteiger partial charge in [-0.2, -0.15) is 0 Å². The molecule has 0 amide bonds. The topological polar surface area (TPSA) is 50.7 Å². The van der Waals surface area contributed by atoms with E-state index in [0.717, 1.165) is 29.8 Å². The standard InChI is InChI=1S/C17H18ClNO3/c1-21-17-9-14-11(8-16(17)20)6-7-19-15(14)10-22-13-4-2-12(18)3-5-13/h2-5,8-9,15,19-20H,6-7,10H2,1H3. The first kappa shape index (κ1) is 15.0. The Morgan fingerprint density at radius 2 is 2.05 bits per heavy atom. The molecule has 1 atom stereocenters. The predicted molar refractivity (Wildman–Crippen MR) is 86.1 cm³/mol. The second-order valence-corrected chi connectivity index (χ2v) is 5.68. The van der Waals surface area contributed by atoms with Crippen molar-refractivity contribution in [2.24, 2.45) is 0 Å². The molecule has 0 radical (unpaired) electrons. The lowest BCUT2D eigenvalue weighted by molar-refractivity contribution is 0.260. The van der Waals surface area contributed by atoms with Gasteiger partial charge in [-0.05, 0) is 60.5 Å². The van der Waals surface area contributed by atoms with E-state index in [1.165, 1.54) is 0 Å². The van der Waals surface area contributed by atoms with Crippen LogP contribution in [0, 0.1) is 0 Å². The molecule has 22 heavy (non-hydrogen) atoms. The number of hydrogen-bond acceptors (Lipinski definition) is 4. The molecule has 116 valence electrons. The van der Waals surface area contributed by atoms with Gasteiger partial charge in [-0.1, -0.05) is 11.6 Å². The highest BCUT2D eigenvalue weighted by molar-refractivity contribution is 6.30. The van der Waals surface area contributed by atoms with Gasteiger partial charge < -0.3 is 19.9 Å². The molecule has 5 heteroatoms. The highest BCUT2D eigenvalue weighted by atomic mass is 35.5. The maximum atomic E-state index is 9.90. The van der Waals surface area contributed by atoms with Crippen LogP contribution in [0.5, 0.6) is 17.2 Å². The van der Waals surface area contributed by atoms with Crippen molar-refractivity contribution in [3.8, 4) is 17.2 Å². The van der Waals surface area contributed by atoms with Gasteiger partial charge in [0.1, 0.15) is 12.4 Å². The Hall–Kier alpha value is -1.91. The summed E-state index contributed by atoms with van der Waals surface area (Å²) in [4.78, 5) is 0. The molecule has 0 aliphatic carbocycles. The van der Waals surface area contributed by atoms with E-state index in [0.29, 0.717) is 17.4 Å². The summed E-state index contributed by atoms with van der Waals surface area (Å²) >= 11 is 5.87. The highest BCUT2D eigenvalue weighted by Crippen LogP contribution is 2.34. The van der Waals surface area contributed by atoms with Gasteiger partial charge in [0.2, 0.25) is 0 Å². The maximum absolute atomic E-state index is 9.90. The van der Waals surface area contributed by atoms with Crippen LogP contribution in [0.4, 0.5) is 0 Å². The van der Waals surface area contributed by atoms with Crippen LogP contribution in [0.25, 0.3) is 0 Å². The van der Waals surface area contributed by atoms with Crippen LogP contribution in [0.2, 0.25) is 5.02 Å². The van der Waals surface area contributed by atoms with Crippen molar-refractivity contribution in [1.29, 1.82) is 0 Å². The molecular formula is C17H18ClNO3. The largest absolute Gasteiger partial charge is 0.504 e. The van der Waals surface area contributed by atoms with Crippen molar-refractivity contribution < 1.29 is 14.6 Å². The van der Waals surface area contributed by atoms with Crippen molar-refractivity contribution in [2.75, 3.05) is 20.3 Å². The molecular weight excluding hydrogens is 302 g/mol. The van der Waals surface area contributed by atoms with E-state index in [4.69, 9.17) is 21.1 Å². The molecule has 2 aromatic rings. The lowest BCUT2D eigenvalue weighted by Gasteiger charge is -2.27. The number of rotatable bonds is 4. The molecule has 4 nitrogen and oxygen atoms in total. The van der Waals surface area contributed by atoms with Crippen molar-refractivity contribution in [3.05, 3.63) is 52.5 Å². The summed E-state index contributed by atoms with van der Waals surface area (Å²) in [7, 11) is 1.55. The lowest BCUT2D eigenvalue weighted by atomic mass is 9.94. The zero-order chi connectivity index (χ0) is 15.5. The third-order valence-corrected chi connectivity index (χ3v) is 4.08. The first-order valence-electron chi connectivity index (χ1n) is 7.19. The Kier molecular flexibility index (Phi) is 4.41. The van der Waals surface area contributed by atoms with Crippen molar-refractivity contribution in [2.45, 2.75) is 12.5 Å². The Balaban J connectivity index is 1.77. The third-order valence-electron chi connectivity index (χ3n) is 3.83. The number of nitrogens with one attached hydrogen (secondary N) is 1. The van der Waals surface area contributed by atoms with E-state index in [1.54, 1.807) is 25.3 Å². The number of methoxy groups -OCH3 is 1. The zero-order valence-corrected chi connectivity index (χ0v) is 13.1. The first-order chi connectivity index (χ1) is 10.7. The van der Waals surface area contributed by atoms with E-state index < -0.39 is 0 Å². The monoisotopic (exact) mass is 319 g/mol. The molecule has 0 spiro atoms. The summed E-state index contributed by atoms with van der Waals surface area (Å²) < 4.78 is 11.0. The molecule has 1 aliphatic heterocycles. The van der Waals surface area contributed by atoms with Crippen molar-refractivity contribution in [3.63, 3.8) is 0 Å². The van der Waals surface area contributed by atoms with Crippen LogP contribution in [0.1, 0.15) is 17.2 Å². The Labute approximate surface area is 134 Å². The maximum Gasteiger partial charge on any atom is 0.160 e. The van der Waals surface area contributed by atoms with Gasteiger partial charge >= 0.3 is 0 Å². The molecule has 0 fully saturated rings. The number of phenols is 1. The van der Waals surface area contributed by atoms with E-state index in [-0.39, 0.29) is 11.8 Å². The molecule has 1 unspecified atom stereocenters. The normalized spacial score (nSPS) is 16.9. The van der Waals surface area contributed by atoms with Crippen LogP contribution >= 0.6 is 11.6 Å². The third kappa shape index (κ3) is 3.13. The number of hydrogen-bond donors (Lipinski definition) is 2. The SMILES string of the molecule is COc1cc2c(cc1O)CCNC2COc1ccc(Cl)cc1. The summed E-state index contributed by atoms with van der Waals surface area (Å²) in [6, 6.07) is 11.0. The fraction of sp³-hybridized carbons (Fsp3) is 0.294. The minimum Gasteiger partial charge on any atom is -0.504 e. The van der Waals surface area contributed by atoms with E-state index in [2.05, 4.69) is 5.32 Å². The molecule has 1 aliphatic rings. The summed E-state index contributed by atoms with van der Waals surface area (Å²) in [6.07, 6.45) is 0.879. The smallest absolute Gasteiger partial charge is 0.160 e. The van der Waals surface area contributed by atoms with Crippen molar-refractivity contribution in [1.82, 2.24) is 5.32 Å². The van der Waals surface area contributed by atoms with Crippen LogP contribution in [0.3, 0.4) is 0 Å². The van der Waals surface area contributed by atoms with Gasteiger partial charge in [-0.15, -0.1) is 0 Å². The minimum absolute atomic E-state index is 0.0638. The summed E-state index contributed by atoms with van der Waals surface area (Å²) in [5, 5.41) is 14.0. The molecule has 3 rings (SSSR count). The van der Waals surface area contributed by atoms with Crippen molar-refractivity contribution >= 4 is 11.6 Å². The van der Waals surface area contributed by atoms with Crippen LogP contribution in [-0.4, -0.2) is 25.4 Å². The Bertz CT molecular complexity index is 658. The van der Waals surface area contributed by atoms with Gasteiger partial charge in [-0.3, -0.25) is 0 Å². The number of aromatic hydroxyl groups is 1. The van der Waals surface area contributed by atoms with E-state index in [9.17, 15) is 5.11 Å². The molecule has 0 saturated carbocycles. The average molecular weight is 320 g/mol. The molecule has 0 saturated heterocycles. The minimum atomic E-state index is 0.0638. The van der Waals surface area contributed by atoms with Crippen LogP contribution in [-0.2, 0) is 6.42 Å². The number of ether oxygens (including phenoxy) is 2. The molecule has 2 N–H and O–H groups in total. The van der Waals surface area contributed by atoms with Gasteiger partial charge in [-0.25, -0.2) is 0 Å². The number of phenolic OH excluding ortho intramolecular Hbond substituents is 1. The van der Waals surface area contributed by atoms with Gasteiger partial charge in [0, 0.05) is 5.02 Å². The van der Waals surface area contributed by atoms with Crippen LogP contribution < -0.4 is 14.8 Å². The molecule has 0 bridgehead atoms. The fourth-order valence-electron chi connectivity index (χ4n) is 2.68. The Morgan fingerprint density at radius 1 is 1.27 bits per heavy atom. The Morgan fingerprint density at radius 3 is 2.77 bits per heavy atom. The molecule has 0 aromatic heterocycles. The predicted octanol–water partition coefficient (Wildman–Crippen LogP) is 3.32. The van der Waals surface area contributed by atoms with Gasteiger partial charge in [0.15, 0.2) is 11.5 Å². The quantitative estimate of drug-likeness (QED) is 0.907. The fourth-order valence-corrected chi connectivity index (χ4v) is 2.81. The second-order valence-electron chi connectivity index (χ2n) is 5.24. The number of halogens is 1. The second kappa shape index (κ2) is 6.46. The molecule has 2 aromatic carbocycles. The highest BCUT2D eigenvalue weighted by Gasteiger charge is 2.22. The zero-order valence-electron chi connectivity index (χ0n) is 12.3. The molecule has 1 heterocycles. The van der Waals surface area contributed by atoms with E-state index in [1.807, 2.05) is 18.2 Å². The summed E-state index contributed by atoms with van der Waals surface area (Å²) in [6.45, 7) is 1.36. The average Bonchev–Trinajstić information content (AvgIpc) is 2.53. The van der Waals surface area contributed by atoms with E-state index >= 15 is 0 Å². The first-order valence-corrected chi connectivity index (χ1v) is 7.56. The lowest BCUT2D eigenvalue weighted by Crippen LogP contribution is -2.33. The van der Waals surface area contributed by atoms with Gasteiger partial charge in [0.05, 0.1) is 13.2 Å². The number of benzene rings is 2. The summed E-state index contributed by atoms with van der Waals surface area (Å²) in [5.41, 5.74) is 2.23.